The zero-order valence-corrected chi connectivity index (χ0v) is 22.2. The quantitative estimate of drug-likeness (QED) is 0.255. The van der Waals surface area contributed by atoms with Crippen LogP contribution in [-0.4, -0.2) is 50.7 Å². The van der Waals surface area contributed by atoms with Crippen LogP contribution in [0.5, 0.6) is 0 Å². The van der Waals surface area contributed by atoms with Gasteiger partial charge in [0.2, 0.25) is 5.95 Å². The normalized spacial score (nSPS) is 17.8. The van der Waals surface area contributed by atoms with Crippen LogP contribution in [0.3, 0.4) is 0 Å². The summed E-state index contributed by atoms with van der Waals surface area (Å²) in [6, 6.07) is 13.0. The molecule has 0 amide bonds. The van der Waals surface area contributed by atoms with Gasteiger partial charge in [0.25, 0.3) is 0 Å². The number of hydrogen-bond acceptors (Lipinski definition) is 8. The van der Waals surface area contributed by atoms with Crippen LogP contribution in [0.25, 0.3) is 0 Å². The first-order chi connectivity index (χ1) is 17.6. The van der Waals surface area contributed by atoms with Crippen molar-refractivity contribution in [2.45, 2.75) is 61.8 Å². The SMILES string of the molecule is C[C@@H]1CCCCN1c1cc(Sc2ncccn2)nc(NC(=S)NCc2ccc(N3CCCC3)cc2)n1. The lowest BCUT2D eigenvalue weighted by Crippen LogP contribution is -2.38. The summed E-state index contributed by atoms with van der Waals surface area (Å²) in [7, 11) is 0. The van der Waals surface area contributed by atoms with Crippen molar-refractivity contribution >= 4 is 46.5 Å². The van der Waals surface area contributed by atoms with E-state index in [1.807, 2.05) is 12.1 Å². The summed E-state index contributed by atoms with van der Waals surface area (Å²) >= 11 is 7.01. The van der Waals surface area contributed by atoms with Crippen molar-refractivity contribution in [2.24, 2.45) is 0 Å². The van der Waals surface area contributed by atoms with Crippen LogP contribution < -0.4 is 20.4 Å². The standard InChI is InChI=1S/C26H32N8S2/c1-19-7-2-3-16-34(19)22-17-23(36-26-27-12-6-13-28-26)31-24(30-22)32-25(35)29-18-20-8-10-21(11-9-20)33-14-4-5-15-33/h6,8-13,17,19H,2-5,7,14-16,18H2,1H3,(H2,29,30,31,32,35)/t19-/m1/s1. The number of nitrogens with one attached hydrogen (secondary N) is 2. The molecule has 8 nitrogen and oxygen atoms in total. The minimum Gasteiger partial charge on any atom is -0.372 e. The van der Waals surface area contributed by atoms with Gasteiger partial charge >= 0.3 is 0 Å². The first kappa shape index (κ1) is 24.7. The fraction of sp³-hybridized carbons (Fsp3) is 0.423. The molecule has 10 heteroatoms. The Kier molecular flexibility index (Phi) is 8.12. The van der Waals surface area contributed by atoms with Gasteiger partial charge in [-0.1, -0.05) is 12.1 Å². The highest BCUT2D eigenvalue weighted by molar-refractivity contribution is 7.99. The van der Waals surface area contributed by atoms with Crippen molar-refractivity contribution in [3.63, 3.8) is 0 Å². The fourth-order valence-electron chi connectivity index (χ4n) is 4.67. The molecule has 0 spiro atoms. The Morgan fingerprint density at radius 3 is 2.53 bits per heavy atom. The lowest BCUT2D eigenvalue weighted by Gasteiger charge is -2.34. The third kappa shape index (κ3) is 6.41. The minimum absolute atomic E-state index is 0.431. The Labute approximate surface area is 222 Å². The van der Waals surface area contributed by atoms with Crippen LogP contribution in [0.2, 0.25) is 0 Å². The molecule has 1 atom stereocenters. The van der Waals surface area contributed by atoms with Gasteiger partial charge in [-0.3, -0.25) is 0 Å². The van der Waals surface area contributed by atoms with Crippen LogP contribution in [0.15, 0.2) is 59.0 Å². The van der Waals surface area contributed by atoms with Gasteiger partial charge in [0, 0.05) is 56.4 Å². The highest BCUT2D eigenvalue weighted by Crippen LogP contribution is 2.30. The molecule has 188 valence electrons. The van der Waals surface area contributed by atoms with E-state index >= 15 is 0 Å². The molecule has 2 fully saturated rings. The van der Waals surface area contributed by atoms with E-state index in [2.05, 4.69) is 61.6 Å². The molecule has 0 saturated carbocycles. The van der Waals surface area contributed by atoms with E-state index in [0.29, 0.717) is 28.8 Å². The van der Waals surface area contributed by atoms with Crippen molar-refractivity contribution in [2.75, 3.05) is 34.8 Å². The lowest BCUT2D eigenvalue weighted by molar-refractivity contribution is 0.480. The summed E-state index contributed by atoms with van der Waals surface area (Å²) < 4.78 is 0. The average Bonchev–Trinajstić information content (AvgIpc) is 3.44. The van der Waals surface area contributed by atoms with E-state index in [0.717, 1.165) is 43.3 Å². The van der Waals surface area contributed by atoms with Gasteiger partial charge < -0.3 is 20.4 Å². The predicted octanol–water partition coefficient (Wildman–Crippen LogP) is 4.88. The predicted molar refractivity (Wildman–Crippen MR) is 150 cm³/mol. The van der Waals surface area contributed by atoms with Crippen LogP contribution in [0.4, 0.5) is 17.5 Å². The van der Waals surface area contributed by atoms with Crippen molar-refractivity contribution in [3.05, 3.63) is 54.4 Å². The Morgan fingerprint density at radius 2 is 1.78 bits per heavy atom. The molecule has 0 radical (unpaired) electrons. The second-order valence-electron chi connectivity index (χ2n) is 9.23. The number of benzene rings is 1. The fourth-order valence-corrected chi connectivity index (χ4v) is 5.54. The molecule has 2 N–H and O–H groups in total. The molecule has 36 heavy (non-hydrogen) atoms. The van der Waals surface area contributed by atoms with E-state index in [4.69, 9.17) is 22.2 Å². The van der Waals surface area contributed by atoms with Crippen molar-refractivity contribution in [1.82, 2.24) is 25.3 Å². The molecular weight excluding hydrogens is 488 g/mol. The van der Waals surface area contributed by atoms with Gasteiger partial charge in [-0.15, -0.1) is 0 Å². The highest BCUT2D eigenvalue weighted by atomic mass is 32.2. The molecule has 1 aromatic carbocycles. The van der Waals surface area contributed by atoms with E-state index < -0.39 is 0 Å². The number of nitrogens with zero attached hydrogens (tertiary/aromatic N) is 6. The maximum absolute atomic E-state index is 5.59. The maximum Gasteiger partial charge on any atom is 0.232 e. The van der Waals surface area contributed by atoms with E-state index in [1.54, 1.807) is 12.4 Å². The van der Waals surface area contributed by atoms with Crippen LogP contribution in [-0.2, 0) is 6.54 Å². The van der Waals surface area contributed by atoms with Gasteiger partial charge in [0.15, 0.2) is 10.3 Å². The lowest BCUT2D eigenvalue weighted by atomic mass is 10.0. The number of thiocarbonyl (C=S) groups is 1. The topological polar surface area (TPSA) is 82.1 Å². The smallest absolute Gasteiger partial charge is 0.232 e. The van der Waals surface area contributed by atoms with Gasteiger partial charge in [-0.05, 0) is 86.8 Å². The Bertz CT molecular complexity index is 1150. The number of piperidine rings is 1. The van der Waals surface area contributed by atoms with Crippen molar-refractivity contribution in [1.29, 1.82) is 0 Å². The average molecular weight is 521 g/mol. The Balaban J connectivity index is 1.26. The molecular formula is C26H32N8S2. The summed E-state index contributed by atoms with van der Waals surface area (Å²) in [5, 5.41) is 8.42. The van der Waals surface area contributed by atoms with Gasteiger partial charge in [0.05, 0.1) is 0 Å². The molecule has 2 saturated heterocycles. The minimum atomic E-state index is 0.431. The third-order valence-corrected chi connectivity index (χ3v) is 7.67. The molecule has 2 aliphatic rings. The number of hydrogen-bond donors (Lipinski definition) is 2. The summed E-state index contributed by atoms with van der Waals surface area (Å²) in [6.07, 6.45) is 9.61. The van der Waals surface area contributed by atoms with E-state index in [1.165, 1.54) is 42.3 Å². The Hall–Kier alpha value is -2.98. The van der Waals surface area contributed by atoms with Crippen molar-refractivity contribution in [3.8, 4) is 0 Å². The zero-order chi connectivity index (χ0) is 24.7. The first-order valence-corrected chi connectivity index (χ1v) is 13.9. The largest absolute Gasteiger partial charge is 0.372 e. The number of anilines is 3. The van der Waals surface area contributed by atoms with E-state index in [9.17, 15) is 0 Å². The van der Waals surface area contributed by atoms with Gasteiger partial charge in [-0.25, -0.2) is 15.0 Å². The molecule has 4 heterocycles. The first-order valence-electron chi connectivity index (χ1n) is 12.6. The molecule has 0 unspecified atom stereocenters. The molecule has 0 aliphatic carbocycles. The van der Waals surface area contributed by atoms with Crippen LogP contribution in [0.1, 0.15) is 44.6 Å². The third-order valence-electron chi connectivity index (χ3n) is 6.61. The summed E-state index contributed by atoms with van der Waals surface area (Å²) in [6.45, 7) is 6.17. The monoisotopic (exact) mass is 520 g/mol. The molecule has 5 rings (SSSR count). The second-order valence-corrected chi connectivity index (χ2v) is 10.6. The number of rotatable bonds is 7. The summed E-state index contributed by atoms with van der Waals surface area (Å²) in [4.78, 5) is 23.0. The molecule has 0 bridgehead atoms. The number of aromatic nitrogens is 4. The van der Waals surface area contributed by atoms with Crippen LogP contribution in [0, 0.1) is 0 Å². The highest BCUT2D eigenvalue weighted by Gasteiger charge is 2.21. The van der Waals surface area contributed by atoms with Crippen LogP contribution >= 0.6 is 24.0 Å². The zero-order valence-electron chi connectivity index (χ0n) is 20.6. The Morgan fingerprint density at radius 1 is 1.03 bits per heavy atom. The summed E-state index contributed by atoms with van der Waals surface area (Å²) in [5.74, 6) is 1.38. The maximum atomic E-state index is 5.59. The molecule has 3 aromatic rings. The second kappa shape index (κ2) is 11.8. The van der Waals surface area contributed by atoms with Gasteiger partial charge in [0.1, 0.15) is 10.8 Å². The molecule has 2 aromatic heterocycles. The van der Waals surface area contributed by atoms with Crippen molar-refractivity contribution < 1.29 is 0 Å². The summed E-state index contributed by atoms with van der Waals surface area (Å²) in [5.41, 5.74) is 2.47. The molecule has 2 aliphatic heterocycles. The van der Waals surface area contributed by atoms with E-state index in [-0.39, 0.29) is 0 Å². The van der Waals surface area contributed by atoms with Gasteiger partial charge in [-0.2, -0.15) is 4.98 Å².